The summed E-state index contributed by atoms with van der Waals surface area (Å²) >= 11 is 0. The molecule has 0 saturated carbocycles. The molecule has 1 heterocycles. The van der Waals surface area contributed by atoms with Crippen molar-refractivity contribution in [3.8, 4) is 6.07 Å². The molecule has 1 amide bonds. The number of nitrogens with zero attached hydrogens (tertiary/aromatic N) is 2. The van der Waals surface area contributed by atoms with E-state index in [0.29, 0.717) is 0 Å². The van der Waals surface area contributed by atoms with E-state index in [1.165, 1.54) is 18.9 Å². The van der Waals surface area contributed by atoms with Gasteiger partial charge < -0.3 is 4.90 Å². The van der Waals surface area contributed by atoms with Crippen LogP contribution in [0.25, 0.3) is 0 Å². The third kappa shape index (κ3) is 0.891. The molecule has 0 radical (unpaired) electrons. The lowest BCUT2D eigenvalue weighted by Crippen LogP contribution is -2.25. The highest BCUT2D eigenvalue weighted by Crippen LogP contribution is 2.24. The number of amides is 1. The normalized spacial score (nSPS) is 30.8. The minimum Gasteiger partial charge on any atom is -0.337 e. The molecule has 0 bridgehead atoms. The van der Waals surface area contributed by atoms with E-state index >= 15 is 0 Å². The van der Waals surface area contributed by atoms with E-state index in [1.54, 1.807) is 0 Å². The molecule has 0 unspecified atom stereocenters. The molecule has 0 spiro atoms. The zero-order valence-corrected chi connectivity index (χ0v) is 6.42. The SMILES string of the molecule is CN1C[C@](C)(C#N)C(=O)C1=O. The smallest absolute Gasteiger partial charge is 0.291 e. The topological polar surface area (TPSA) is 61.2 Å². The highest BCUT2D eigenvalue weighted by atomic mass is 16.2. The predicted octanol–water partition coefficient (Wildman–Crippen LogP) is -0.443. The van der Waals surface area contributed by atoms with E-state index < -0.39 is 17.1 Å². The monoisotopic (exact) mass is 152 g/mol. The predicted molar refractivity (Wildman–Crippen MR) is 36.4 cm³/mol. The van der Waals surface area contributed by atoms with E-state index in [-0.39, 0.29) is 6.54 Å². The Labute approximate surface area is 64.4 Å². The molecule has 1 atom stereocenters. The van der Waals surface area contributed by atoms with Gasteiger partial charge in [0.15, 0.2) is 0 Å². The standard InChI is InChI=1S/C7H8N2O2/c1-7(3-8)4-9(2)6(11)5(7)10/h4H2,1-2H3/t7-/m0/s1. The fraction of sp³-hybridized carbons (Fsp3) is 0.571. The lowest BCUT2D eigenvalue weighted by Gasteiger charge is -2.09. The summed E-state index contributed by atoms with van der Waals surface area (Å²) in [5.74, 6) is -1.16. The van der Waals surface area contributed by atoms with Gasteiger partial charge in [-0.25, -0.2) is 0 Å². The van der Waals surface area contributed by atoms with Crippen LogP contribution in [0.2, 0.25) is 0 Å². The van der Waals surface area contributed by atoms with Crippen molar-refractivity contribution in [2.75, 3.05) is 13.6 Å². The molecule has 1 saturated heterocycles. The van der Waals surface area contributed by atoms with Crippen molar-refractivity contribution in [3.05, 3.63) is 0 Å². The van der Waals surface area contributed by atoms with Gasteiger partial charge in [-0.15, -0.1) is 0 Å². The van der Waals surface area contributed by atoms with Crippen LogP contribution in [0, 0.1) is 16.7 Å². The molecule has 0 aromatic rings. The van der Waals surface area contributed by atoms with Crippen LogP contribution >= 0.6 is 0 Å². The Bertz CT molecular complexity index is 266. The number of Topliss-reactive ketones (excluding diaryl/α,β-unsaturated/α-hetero) is 1. The molecule has 1 aliphatic rings. The first kappa shape index (κ1) is 7.73. The largest absolute Gasteiger partial charge is 0.337 e. The fourth-order valence-corrected chi connectivity index (χ4v) is 1.11. The van der Waals surface area contributed by atoms with Crippen LogP contribution in [0.1, 0.15) is 6.92 Å². The van der Waals surface area contributed by atoms with Gasteiger partial charge in [0.25, 0.3) is 5.91 Å². The summed E-state index contributed by atoms with van der Waals surface area (Å²) in [7, 11) is 1.52. The van der Waals surface area contributed by atoms with Crippen molar-refractivity contribution in [2.24, 2.45) is 5.41 Å². The van der Waals surface area contributed by atoms with Gasteiger partial charge in [-0.05, 0) is 6.92 Å². The van der Waals surface area contributed by atoms with Crippen molar-refractivity contribution >= 4 is 11.7 Å². The fourth-order valence-electron chi connectivity index (χ4n) is 1.11. The average Bonchev–Trinajstić information content (AvgIpc) is 2.17. The van der Waals surface area contributed by atoms with E-state index in [2.05, 4.69) is 0 Å². The van der Waals surface area contributed by atoms with E-state index in [9.17, 15) is 9.59 Å². The Morgan fingerprint density at radius 3 is 2.36 bits per heavy atom. The molecule has 1 aliphatic heterocycles. The minimum absolute atomic E-state index is 0.209. The number of likely N-dealkylation sites (tertiary alicyclic amines) is 1. The second-order valence-electron chi connectivity index (χ2n) is 2.93. The minimum atomic E-state index is -1.12. The van der Waals surface area contributed by atoms with Crippen LogP contribution in [0.4, 0.5) is 0 Å². The first-order valence-corrected chi connectivity index (χ1v) is 3.22. The molecule has 1 fully saturated rings. The molecular weight excluding hydrogens is 144 g/mol. The quantitative estimate of drug-likeness (QED) is 0.442. The molecule has 1 rings (SSSR count). The molecule has 0 N–H and O–H groups in total. The van der Waals surface area contributed by atoms with Gasteiger partial charge in [0, 0.05) is 13.6 Å². The van der Waals surface area contributed by atoms with Gasteiger partial charge in [-0.1, -0.05) is 0 Å². The van der Waals surface area contributed by atoms with Crippen LogP contribution in [0.15, 0.2) is 0 Å². The Balaban J connectivity index is 3.03. The van der Waals surface area contributed by atoms with Gasteiger partial charge in [0.2, 0.25) is 5.78 Å². The Hall–Kier alpha value is -1.37. The summed E-state index contributed by atoms with van der Waals surface area (Å²) in [5.41, 5.74) is -1.12. The molecule has 11 heavy (non-hydrogen) atoms. The maximum absolute atomic E-state index is 11.1. The van der Waals surface area contributed by atoms with Crippen molar-refractivity contribution in [1.29, 1.82) is 5.26 Å². The van der Waals surface area contributed by atoms with E-state index in [1.807, 2.05) is 6.07 Å². The summed E-state index contributed by atoms with van der Waals surface area (Å²) in [6.07, 6.45) is 0. The average molecular weight is 152 g/mol. The van der Waals surface area contributed by atoms with Gasteiger partial charge in [0.05, 0.1) is 6.07 Å². The summed E-state index contributed by atoms with van der Waals surface area (Å²) < 4.78 is 0. The third-order valence-corrected chi connectivity index (χ3v) is 1.84. The number of hydrogen-bond donors (Lipinski definition) is 0. The lowest BCUT2D eigenvalue weighted by molar-refractivity contribution is -0.140. The Kier molecular flexibility index (Phi) is 1.45. The summed E-state index contributed by atoms with van der Waals surface area (Å²) in [6, 6.07) is 1.84. The van der Waals surface area contributed by atoms with Crippen LogP contribution in [-0.2, 0) is 9.59 Å². The second kappa shape index (κ2) is 2.06. The van der Waals surface area contributed by atoms with Crippen LogP contribution < -0.4 is 0 Å². The van der Waals surface area contributed by atoms with Crippen molar-refractivity contribution < 1.29 is 9.59 Å². The molecule has 4 heteroatoms. The summed E-state index contributed by atoms with van der Waals surface area (Å²) in [4.78, 5) is 23.2. The van der Waals surface area contributed by atoms with Crippen LogP contribution in [0.5, 0.6) is 0 Å². The Morgan fingerprint density at radius 2 is 2.18 bits per heavy atom. The van der Waals surface area contributed by atoms with Gasteiger partial charge in [-0.2, -0.15) is 5.26 Å². The first-order chi connectivity index (χ1) is 5.01. The molecule has 0 aromatic heterocycles. The molecular formula is C7H8N2O2. The number of carbonyl (C=O) groups excluding carboxylic acids is 2. The number of hydrogen-bond acceptors (Lipinski definition) is 3. The number of rotatable bonds is 0. The van der Waals surface area contributed by atoms with Crippen LogP contribution in [-0.4, -0.2) is 30.2 Å². The number of carbonyl (C=O) groups is 2. The second-order valence-corrected chi connectivity index (χ2v) is 2.93. The summed E-state index contributed by atoms with van der Waals surface area (Å²) in [5, 5.41) is 8.58. The van der Waals surface area contributed by atoms with Crippen molar-refractivity contribution in [2.45, 2.75) is 6.92 Å². The number of nitriles is 1. The maximum atomic E-state index is 11.1. The van der Waals surface area contributed by atoms with E-state index in [0.717, 1.165) is 0 Å². The number of likely N-dealkylation sites (N-methyl/N-ethyl adjacent to an activating group) is 1. The van der Waals surface area contributed by atoms with Crippen molar-refractivity contribution in [1.82, 2.24) is 4.90 Å². The Morgan fingerprint density at radius 1 is 1.64 bits per heavy atom. The highest BCUT2D eigenvalue weighted by molar-refractivity contribution is 6.40. The molecule has 0 aromatic carbocycles. The zero-order chi connectivity index (χ0) is 8.65. The van der Waals surface area contributed by atoms with Crippen molar-refractivity contribution in [3.63, 3.8) is 0 Å². The molecule has 0 aliphatic carbocycles. The molecule has 58 valence electrons. The van der Waals surface area contributed by atoms with E-state index in [4.69, 9.17) is 5.26 Å². The van der Waals surface area contributed by atoms with Gasteiger partial charge in [0.1, 0.15) is 5.41 Å². The highest BCUT2D eigenvalue weighted by Gasteiger charge is 2.47. The zero-order valence-electron chi connectivity index (χ0n) is 6.42. The van der Waals surface area contributed by atoms with Gasteiger partial charge in [-0.3, -0.25) is 9.59 Å². The third-order valence-electron chi connectivity index (χ3n) is 1.84. The van der Waals surface area contributed by atoms with Crippen LogP contribution in [0.3, 0.4) is 0 Å². The van der Waals surface area contributed by atoms with Gasteiger partial charge >= 0.3 is 0 Å². The first-order valence-electron chi connectivity index (χ1n) is 3.22. The summed E-state index contributed by atoms with van der Waals surface area (Å²) in [6.45, 7) is 1.69. The maximum Gasteiger partial charge on any atom is 0.291 e. The number of ketones is 1. The lowest BCUT2D eigenvalue weighted by atomic mass is 9.91. The molecule has 4 nitrogen and oxygen atoms in total.